The van der Waals surface area contributed by atoms with Gasteiger partial charge in [0.15, 0.2) is 11.6 Å². The van der Waals surface area contributed by atoms with Gasteiger partial charge in [0.25, 0.3) is 0 Å². The van der Waals surface area contributed by atoms with Gasteiger partial charge in [0.05, 0.1) is 30.6 Å². The molecule has 0 aliphatic carbocycles. The number of halogens is 2. The summed E-state index contributed by atoms with van der Waals surface area (Å²) in [6.45, 7) is 0. The van der Waals surface area contributed by atoms with Crippen LogP contribution < -0.4 is 4.74 Å². The maximum atomic E-state index is 13.4. The van der Waals surface area contributed by atoms with Crippen LogP contribution in [0.1, 0.15) is 5.69 Å². The number of hydrogen-bond acceptors (Lipinski definition) is 3. The number of ether oxygens (including phenoxy) is 1. The van der Waals surface area contributed by atoms with Gasteiger partial charge >= 0.3 is 0 Å². The Hall–Kier alpha value is -1.62. The molecule has 0 radical (unpaired) electrons. The molecular weight excluding hydrogens is 233 g/mol. The van der Waals surface area contributed by atoms with Crippen molar-refractivity contribution in [2.45, 2.75) is 5.88 Å². The molecule has 0 unspecified atom stereocenters. The highest BCUT2D eigenvalue weighted by Crippen LogP contribution is 2.19. The maximum Gasteiger partial charge on any atom is 0.167 e. The Morgan fingerprint density at radius 1 is 1.50 bits per heavy atom. The molecule has 0 aliphatic heterocycles. The van der Waals surface area contributed by atoms with Gasteiger partial charge in [-0.05, 0) is 12.1 Å². The normalized spacial score (nSPS) is 10.4. The third-order valence-corrected chi connectivity index (χ3v) is 2.35. The molecular formula is C10H9ClFN3O. The van der Waals surface area contributed by atoms with Gasteiger partial charge in [-0.15, -0.1) is 16.7 Å². The SMILES string of the molecule is COc1ccc(-n2cc(CCl)nn2)cc1F. The Balaban J connectivity index is 2.37. The minimum Gasteiger partial charge on any atom is -0.494 e. The summed E-state index contributed by atoms with van der Waals surface area (Å²) in [4.78, 5) is 0. The molecule has 2 aromatic rings. The lowest BCUT2D eigenvalue weighted by molar-refractivity contribution is 0.386. The first-order chi connectivity index (χ1) is 7.74. The quantitative estimate of drug-likeness (QED) is 0.773. The van der Waals surface area contributed by atoms with Crippen molar-refractivity contribution >= 4 is 11.6 Å². The van der Waals surface area contributed by atoms with Crippen LogP contribution in [0.2, 0.25) is 0 Å². The van der Waals surface area contributed by atoms with Crippen molar-refractivity contribution in [1.82, 2.24) is 15.0 Å². The van der Waals surface area contributed by atoms with Crippen LogP contribution in [0.15, 0.2) is 24.4 Å². The molecule has 0 saturated carbocycles. The van der Waals surface area contributed by atoms with E-state index in [1.807, 2.05) is 0 Å². The largest absolute Gasteiger partial charge is 0.494 e. The summed E-state index contributed by atoms with van der Waals surface area (Å²) in [6.07, 6.45) is 1.65. The van der Waals surface area contributed by atoms with Crippen LogP contribution >= 0.6 is 11.6 Å². The molecule has 0 aliphatic rings. The minimum atomic E-state index is -0.442. The van der Waals surface area contributed by atoms with Crippen LogP contribution in [0.25, 0.3) is 5.69 Å². The number of alkyl halides is 1. The molecule has 84 valence electrons. The number of methoxy groups -OCH3 is 1. The average Bonchev–Trinajstić information content (AvgIpc) is 2.77. The van der Waals surface area contributed by atoms with Crippen LogP contribution in [0, 0.1) is 5.82 Å². The molecule has 1 heterocycles. The zero-order valence-corrected chi connectivity index (χ0v) is 9.28. The summed E-state index contributed by atoms with van der Waals surface area (Å²) in [5, 5.41) is 7.64. The maximum absolute atomic E-state index is 13.4. The van der Waals surface area contributed by atoms with E-state index in [4.69, 9.17) is 16.3 Å². The minimum absolute atomic E-state index is 0.196. The van der Waals surface area contributed by atoms with Crippen molar-refractivity contribution in [1.29, 1.82) is 0 Å². The summed E-state index contributed by atoms with van der Waals surface area (Å²) in [6, 6.07) is 4.55. The molecule has 0 fully saturated rings. The first kappa shape index (κ1) is 10.9. The highest BCUT2D eigenvalue weighted by atomic mass is 35.5. The van der Waals surface area contributed by atoms with Crippen LogP contribution in [0.5, 0.6) is 5.75 Å². The van der Waals surface area contributed by atoms with Gasteiger partial charge in [-0.1, -0.05) is 5.21 Å². The zero-order chi connectivity index (χ0) is 11.5. The van der Waals surface area contributed by atoms with E-state index in [1.54, 1.807) is 12.3 Å². The Bertz CT molecular complexity index is 501. The van der Waals surface area contributed by atoms with Crippen molar-refractivity contribution in [3.05, 3.63) is 35.9 Å². The number of hydrogen-bond donors (Lipinski definition) is 0. The van der Waals surface area contributed by atoms with Crippen LogP contribution in [-0.2, 0) is 5.88 Å². The van der Waals surface area contributed by atoms with Gasteiger partial charge in [-0.3, -0.25) is 0 Å². The van der Waals surface area contributed by atoms with Crippen molar-refractivity contribution in [3.8, 4) is 11.4 Å². The predicted molar refractivity (Wildman–Crippen MR) is 57.4 cm³/mol. The fraction of sp³-hybridized carbons (Fsp3) is 0.200. The molecule has 0 amide bonds. The Kier molecular flexibility index (Phi) is 3.05. The number of rotatable bonds is 3. The number of aromatic nitrogens is 3. The summed E-state index contributed by atoms with van der Waals surface area (Å²) in [5.41, 5.74) is 1.21. The van der Waals surface area contributed by atoms with Crippen molar-refractivity contribution in [2.24, 2.45) is 0 Å². The summed E-state index contributed by atoms with van der Waals surface area (Å²) in [5.74, 6) is 0.0305. The summed E-state index contributed by atoms with van der Waals surface area (Å²) >= 11 is 5.60. The molecule has 0 atom stereocenters. The highest BCUT2D eigenvalue weighted by Gasteiger charge is 2.06. The van der Waals surface area contributed by atoms with Gasteiger partial charge in [0.1, 0.15) is 0 Å². The number of nitrogens with zero attached hydrogens (tertiary/aromatic N) is 3. The van der Waals surface area contributed by atoms with E-state index in [0.717, 1.165) is 0 Å². The Morgan fingerprint density at radius 3 is 2.88 bits per heavy atom. The van der Waals surface area contributed by atoms with Crippen molar-refractivity contribution in [2.75, 3.05) is 7.11 Å². The molecule has 1 aromatic heterocycles. The standard InChI is InChI=1S/C10H9ClFN3O/c1-16-10-3-2-8(4-9(10)12)15-6-7(5-11)13-14-15/h2-4,6H,5H2,1H3. The van der Waals surface area contributed by atoms with Gasteiger partial charge in [-0.2, -0.15) is 0 Å². The second kappa shape index (κ2) is 4.49. The van der Waals surface area contributed by atoms with Crippen LogP contribution in [0.3, 0.4) is 0 Å². The van der Waals surface area contributed by atoms with Crippen molar-refractivity contribution < 1.29 is 9.13 Å². The van der Waals surface area contributed by atoms with Gasteiger partial charge in [0.2, 0.25) is 0 Å². The molecule has 4 nitrogen and oxygen atoms in total. The fourth-order valence-electron chi connectivity index (χ4n) is 1.28. The third-order valence-electron chi connectivity index (χ3n) is 2.08. The molecule has 0 saturated heterocycles. The molecule has 6 heteroatoms. The lowest BCUT2D eigenvalue weighted by atomic mass is 10.3. The van der Waals surface area contributed by atoms with E-state index in [0.29, 0.717) is 11.4 Å². The predicted octanol–water partition coefficient (Wildman–Crippen LogP) is 2.15. The van der Waals surface area contributed by atoms with Gasteiger partial charge in [-0.25, -0.2) is 9.07 Å². The van der Waals surface area contributed by atoms with E-state index in [2.05, 4.69) is 10.3 Å². The molecule has 16 heavy (non-hydrogen) atoms. The van der Waals surface area contributed by atoms with E-state index < -0.39 is 5.82 Å². The lowest BCUT2D eigenvalue weighted by Crippen LogP contribution is -1.97. The molecule has 0 bridgehead atoms. The van der Waals surface area contributed by atoms with E-state index in [-0.39, 0.29) is 11.6 Å². The molecule has 1 aromatic carbocycles. The topological polar surface area (TPSA) is 39.9 Å². The third kappa shape index (κ3) is 1.99. The van der Waals surface area contributed by atoms with Gasteiger partial charge in [0, 0.05) is 6.07 Å². The molecule has 0 N–H and O–H groups in total. The van der Waals surface area contributed by atoms with Crippen LogP contribution in [0.4, 0.5) is 4.39 Å². The monoisotopic (exact) mass is 241 g/mol. The van der Waals surface area contributed by atoms with Crippen molar-refractivity contribution in [3.63, 3.8) is 0 Å². The fourth-order valence-corrected chi connectivity index (χ4v) is 1.41. The van der Waals surface area contributed by atoms with Crippen LogP contribution in [-0.4, -0.2) is 22.1 Å². The average molecular weight is 242 g/mol. The second-order valence-electron chi connectivity index (χ2n) is 3.11. The first-order valence-corrected chi connectivity index (χ1v) is 5.09. The molecule has 2 rings (SSSR count). The smallest absolute Gasteiger partial charge is 0.167 e. The molecule has 0 spiro atoms. The Morgan fingerprint density at radius 2 is 2.31 bits per heavy atom. The lowest BCUT2D eigenvalue weighted by Gasteiger charge is -2.04. The second-order valence-corrected chi connectivity index (χ2v) is 3.37. The first-order valence-electron chi connectivity index (χ1n) is 4.55. The van der Waals surface area contributed by atoms with E-state index >= 15 is 0 Å². The highest BCUT2D eigenvalue weighted by molar-refractivity contribution is 6.16. The summed E-state index contributed by atoms with van der Waals surface area (Å²) in [7, 11) is 1.42. The number of benzene rings is 1. The van der Waals surface area contributed by atoms with E-state index in [1.165, 1.54) is 23.9 Å². The van der Waals surface area contributed by atoms with Gasteiger partial charge < -0.3 is 4.74 Å². The summed E-state index contributed by atoms with van der Waals surface area (Å²) < 4.78 is 19.7. The Labute approximate surface area is 96.6 Å². The zero-order valence-electron chi connectivity index (χ0n) is 8.52. The van der Waals surface area contributed by atoms with E-state index in [9.17, 15) is 4.39 Å².